The topological polar surface area (TPSA) is 58.4 Å². The maximum absolute atomic E-state index is 12.3. The minimum absolute atomic E-state index is 0.111. The van der Waals surface area contributed by atoms with E-state index in [1.807, 2.05) is 0 Å². The van der Waals surface area contributed by atoms with Crippen LogP contribution in [0.25, 0.3) is 0 Å². The Balaban J connectivity index is 2.57. The third-order valence-corrected chi connectivity index (χ3v) is 4.70. The van der Waals surface area contributed by atoms with Crippen LogP contribution < -0.4 is 11.1 Å². The Labute approximate surface area is 130 Å². The highest BCUT2D eigenvalue weighted by Crippen LogP contribution is 2.22. The zero-order valence-electron chi connectivity index (χ0n) is 14.3. The monoisotopic (exact) mass is 297 g/mol. The van der Waals surface area contributed by atoms with E-state index in [-0.39, 0.29) is 11.4 Å². The predicted octanol–water partition coefficient (Wildman–Crippen LogP) is 2.66. The first-order valence-corrected chi connectivity index (χ1v) is 8.73. The number of nitrogens with one attached hydrogen (secondary N) is 1. The molecule has 1 fully saturated rings. The second-order valence-corrected chi connectivity index (χ2v) is 7.04. The number of carbonyl (C=O) groups is 1. The molecule has 21 heavy (non-hydrogen) atoms. The van der Waals surface area contributed by atoms with E-state index in [2.05, 4.69) is 31.0 Å². The molecule has 1 aliphatic carbocycles. The number of carbonyl (C=O) groups excluding carboxylic acids is 1. The van der Waals surface area contributed by atoms with E-state index in [4.69, 9.17) is 5.73 Å². The van der Waals surface area contributed by atoms with Gasteiger partial charge in [-0.2, -0.15) is 0 Å². The summed E-state index contributed by atoms with van der Waals surface area (Å²) in [5.74, 6) is 0.156. The summed E-state index contributed by atoms with van der Waals surface area (Å²) < 4.78 is 0. The first kappa shape index (κ1) is 18.4. The van der Waals surface area contributed by atoms with Crippen molar-refractivity contribution in [2.24, 2.45) is 5.73 Å². The number of hydrogen-bond acceptors (Lipinski definition) is 3. The van der Waals surface area contributed by atoms with E-state index in [0.29, 0.717) is 19.1 Å². The summed E-state index contributed by atoms with van der Waals surface area (Å²) in [6.07, 6.45) is 9.67. The van der Waals surface area contributed by atoms with Crippen LogP contribution in [0.3, 0.4) is 0 Å². The predicted molar refractivity (Wildman–Crippen MR) is 89.2 cm³/mol. The van der Waals surface area contributed by atoms with Gasteiger partial charge in [-0.25, -0.2) is 0 Å². The van der Waals surface area contributed by atoms with Crippen molar-refractivity contribution in [2.75, 3.05) is 19.6 Å². The summed E-state index contributed by atoms with van der Waals surface area (Å²) in [7, 11) is 0. The molecule has 0 unspecified atom stereocenters. The Morgan fingerprint density at radius 3 is 2.38 bits per heavy atom. The molecule has 4 heteroatoms. The maximum atomic E-state index is 12.3. The van der Waals surface area contributed by atoms with E-state index in [0.717, 1.165) is 19.4 Å². The molecule has 0 spiro atoms. The van der Waals surface area contributed by atoms with Crippen LogP contribution in [-0.4, -0.2) is 42.0 Å². The van der Waals surface area contributed by atoms with Crippen molar-refractivity contribution in [3.63, 3.8) is 0 Å². The number of hydrogen-bond donors (Lipinski definition) is 2. The largest absolute Gasteiger partial charge is 0.350 e. The Hall–Kier alpha value is -0.610. The summed E-state index contributed by atoms with van der Waals surface area (Å²) in [6.45, 7) is 8.44. The van der Waals surface area contributed by atoms with E-state index >= 15 is 0 Å². The molecular weight excluding hydrogens is 262 g/mol. The molecular formula is C17H35N3O. The summed E-state index contributed by atoms with van der Waals surface area (Å²) in [6, 6.07) is 0.564. The molecule has 0 aliphatic heterocycles. The van der Waals surface area contributed by atoms with Crippen LogP contribution in [0.15, 0.2) is 0 Å². The van der Waals surface area contributed by atoms with Gasteiger partial charge < -0.3 is 11.1 Å². The molecule has 1 rings (SSSR count). The van der Waals surface area contributed by atoms with Crippen molar-refractivity contribution in [1.29, 1.82) is 0 Å². The molecule has 3 N–H and O–H groups in total. The maximum Gasteiger partial charge on any atom is 0.234 e. The van der Waals surface area contributed by atoms with Crippen LogP contribution >= 0.6 is 0 Å². The van der Waals surface area contributed by atoms with E-state index in [1.165, 1.54) is 38.5 Å². The lowest BCUT2D eigenvalue weighted by molar-refractivity contribution is -0.124. The highest BCUT2D eigenvalue weighted by Gasteiger charge is 2.24. The lowest BCUT2D eigenvalue weighted by Crippen LogP contribution is -2.49. The molecule has 0 radical (unpaired) electrons. The van der Waals surface area contributed by atoms with Gasteiger partial charge in [0.1, 0.15) is 0 Å². The molecule has 0 aromatic rings. The molecule has 0 aromatic carbocycles. The van der Waals surface area contributed by atoms with Gasteiger partial charge in [-0.15, -0.1) is 0 Å². The Morgan fingerprint density at radius 1 is 1.24 bits per heavy atom. The van der Waals surface area contributed by atoms with E-state index in [9.17, 15) is 4.79 Å². The Morgan fingerprint density at radius 2 is 1.86 bits per heavy atom. The number of amides is 1. The van der Waals surface area contributed by atoms with Crippen molar-refractivity contribution in [1.82, 2.24) is 10.2 Å². The highest BCUT2D eigenvalue weighted by atomic mass is 16.2. The van der Waals surface area contributed by atoms with Crippen LogP contribution in [0, 0.1) is 0 Å². The smallest absolute Gasteiger partial charge is 0.234 e. The first-order chi connectivity index (χ1) is 9.98. The minimum atomic E-state index is -0.111. The molecule has 1 aliphatic rings. The molecule has 0 bridgehead atoms. The van der Waals surface area contributed by atoms with Gasteiger partial charge in [0, 0.05) is 18.1 Å². The fourth-order valence-electron chi connectivity index (χ4n) is 3.00. The lowest BCUT2D eigenvalue weighted by atomic mass is 10.0. The molecule has 0 saturated heterocycles. The summed E-state index contributed by atoms with van der Waals surface area (Å²) in [5, 5.41) is 3.16. The summed E-state index contributed by atoms with van der Waals surface area (Å²) in [5.41, 5.74) is 5.55. The van der Waals surface area contributed by atoms with Crippen molar-refractivity contribution in [3.05, 3.63) is 0 Å². The first-order valence-electron chi connectivity index (χ1n) is 8.73. The van der Waals surface area contributed by atoms with Crippen molar-refractivity contribution in [2.45, 2.75) is 83.7 Å². The SMILES string of the molecule is CCC(C)(C)NC(=O)CN(CCCN)C1CCCCCC1. The van der Waals surface area contributed by atoms with Crippen molar-refractivity contribution in [3.8, 4) is 0 Å². The fraction of sp³-hybridized carbons (Fsp3) is 0.941. The van der Waals surface area contributed by atoms with Gasteiger partial charge in [-0.1, -0.05) is 32.6 Å². The molecule has 0 aromatic heterocycles. The average molecular weight is 297 g/mol. The number of rotatable bonds is 8. The molecule has 124 valence electrons. The average Bonchev–Trinajstić information content (AvgIpc) is 2.72. The van der Waals surface area contributed by atoms with E-state index in [1.54, 1.807) is 0 Å². The van der Waals surface area contributed by atoms with Crippen LogP contribution in [-0.2, 0) is 4.79 Å². The van der Waals surface area contributed by atoms with Gasteiger partial charge in [-0.05, 0) is 46.1 Å². The van der Waals surface area contributed by atoms with Gasteiger partial charge in [0.2, 0.25) is 5.91 Å². The standard InChI is InChI=1S/C17H35N3O/c1-4-17(2,3)19-16(21)14-20(13-9-12-18)15-10-7-5-6-8-11-15/h15H,4-14,18H2,1-3H3,(H,19,21). The van der Waals surface area contributed by atoms with E-state index < -0.39 is 0 Å². The fourth-order valence-corrected chi connectivity index (χ4v) is 3.00. The minimum Gasteiger partial charge on any atom is -0.350 e. The zero-order valence-corrected chi connectivity index (χ0v) is 14.3. The second kappa shape index (κ2) is 9.42. The summed E-state index contributed by atoms with van der Waals surface area (Å²) >= 11 is 0. The number of nitrogens with zero attached hydrogens (tertiary/aromatic N) is 1. The van der Waals surface area contributed by atoms with Crippen molar-refractivity contribution < 1.29 is 4.79 Å². The van der Waals surface area contributed by atoms with Crippen LogP contribution in [0.5, 0.6) is 0 Å². The van der Waals surface area contributed by atoms with Gasteiger partial charge in [0.05, 0.1) is 6.54 Å². The van der Waals surface area contributed by atoms with Crippen LogP contribution in [0.4, 0.5) is 0 Å². The van der Waals surface area contributed by atoms with Gasteiger partial charge in [0.25, 0.3) is 0 Å². The normalized spacial score (nSPS) is 17.8. The Bertz CT molecular complexity index is 296. The summed E-state index contributed by atoms with van der Waals surface area (Å²) in [4.78, 5) is 14.7. The highest BCUT2D eigenvalue weighted by molar-refractivity contribution is 5.78. The van der Waals surface area contributed by atoms with Crippen LogP contribution in [0.2, 0.25) is 0 Å². The molecule has 4 nitrogen and oxygen atoms in total. The Kier molecular flexibility index (Phi) is 8.27. The van der Waals surface area contributed by atoms with Gasteiger partial charge in [-0.3, -0.25) is 9.69 Å². The third kappa shape index (κ3) is 7.28. The molecule has 1 amide bonds. The number of nitrogens with two attached hydrogens (primary N) is 1. The van der Waals surface area contributed by atoms with Gasteiger partial charge >= 0.3 is 0 Å². The lowest BCUT2D eigenvalue weighted by Gasteiger charge is -2.32. The molecule has 0 heterocycles. The molecule has 0 atom stereocenters. The second-order valence-electron chi connectivity index (χ2n) is 7.04. The third-order valence-electron chi connectivity index (χ3n) is 4.70. The zero-order chi connectivity index (χ0) is 15.7. The quantitative estimate of drug-likeness (QED) is 0.677. The van der Waals surface area contributed by atoms with Crippen molar-refractivity contribution >= 4 is 5.91 Å². The van der Waals surface area contributed by atoms with Crippen LogP contribution in [0.1, 0.15) is 72.1 Å². The molecule has 1 saturated carbocycles. The van der Waals surface area contributed by atoms with Gasteiger partial charge in [0.15, 0.2) is 0 Å².